The van der Waals surface area contributed by atoms with Crippen molar-refractivity contribution in [3.63, 3.8) is 0 Å². The molecule has 0 aliphatic carbocycles. The third kappa shape index (κ3) is 7.90. The van der Waals surface area contributed by atoms with E-state index in [0.717, 1.165) is 18.4 Å². The highest BCUT2D eigenvalue weighted by Crippen LogP contribution is 2.14. The monoisotopic (exact) mass is 454 g/mol. The summed E-state index contributed by atoms with van der Waals surface area (Å²) in [5.41, 5.74) is 4.32. The van der Waals surface area contributed by atoms with Crippen LogP contribution in [0.5, 0.6) is 0 Å². The zero-order valence-corrected chi connectivity index (χ0v) is 20.2. The normalized spacial score (nSPS) is 10.2. The van der Waals surface area contributed by atoms with E-state index in [-0.39, 0.29) is 5.82 Å². The highest BCUT2D eigenvalue weighted by atomic mass is 19.1. The highest BCUT2D eigenvalue weighted by molar-refractivity contribution is 5.49. The molecule has 0 aliphatic heterocycles. The Morgan fingerprint density at radius 2 is 1.18 bits per heavy atom. The van der Waals surface area contributed by atoms with Crippen LogP contribution in [-0.2, 0) is 12.8 Å². The summed E-state index contributed by atoms with van der Waals surface area (Å²) in [4.78, 5) is 0. The molecule has 3 rings (SSSR count). The van der Waals surface area contributed by atoms with Crippen molar-refractivity contribution in [1.82, 2.24) is 0 Å². The van der Waals surface area contributed by atoms with E-state index < -0.39 is 5.82 Å². The fourth-order valence-corrected chi connectivity index (χ4v) is 3.76. The number of hydrogen-bond acceptors (Lipinski definition) is 0. The molecule has 0 bridgehead atoms. The summed E-state index contributed by atoms with van der Waals surface area (Å²) in [7, 11) is 0. The quantitative estimate of drug-likeness (QED) is 0.237. The van der Waals surface area contributed by atoms with Gasteiger partial charge in [-0.25, -0.2) is 8.78 Å². The van der Waals surface area contributed by atoms with Gasteiger partial charge in [0.25, 0.3) is 0 Å². The van der Waals surface area contributed by atoms with Crippen LogP contribution in [0.3, 0.4) is 0 Å². The van der Waals surface area contributed by atoms with Gasteiger partial charge in [0.15, 0.2) is 0 Å². The van der Waals surface area contributed by atoms with Gasteiger partial charge >= 0.3 is 0 Å². The summed E-state index contributed by atoms with van der Waals surface area (Å²) in [6, 6.07) is 18.0. The van der Waals surface area contributed by atoms with Crippen LogP contribution in [0.4, 0.5) is 8.78 Å². The zero-order chi connectivity index (χ0) is 24.2. The minimum atomic E-state index is -0.410. The molecular formula is C32H32F2. The molecule has 0 spiro atoms. The van der Waals surface area contributed by atoms with E-state index >= 15 is 0 Å². The van der Waals surface area contributed by atoms with Crippen LogP contribution in [0.2, 0.25) is 0 Å². The van der Waals surface area contributed by atoms with E-state index in [1.165, 1.54) is 49.8 Å². The van der Waals surface area contributed by atoms with Crippen molar-refractivity contribution in [2.24, 2.45) is 0 Å². The van der Waals surface area contributed by atoms with Crippen LogP contribution in [0.1, 0.15) is 85.8 Å². The van der Waals surface area contributed by atoms with Crippen molar-refractivity contribution in [1.29, 1.82) is 0 Å². The average Bonchev–Trinajstić information content (AvgIpc) is 2.84. The predicted molar refractivity (Wildman–Crippen MR) is 138 cm³/mol. The molecule has 3 aromatic carbocycles. The second-order valence-corrected chi connectivity index (χ2v) is 8.61. The predicted octanol–water partition coefficient (Wildman–Crippen LogP) is 8.23. The summed E-state index contributed by atoms with van der Waals surface area (Å²) in [5, 5.41) is 0. The molecule has 0 fully saturated rings. The van der Waals surface area contributed by atoms with Gasteiger partial charge in [-0.05, 0) is 72.9 Å². The molecule has 0 saturated carbocycles. The molecule has 0 nitrogen and oxygen atoms in total. The Morgan fingerprint density at radius 1 is 0.559 bits per heavy atom. The van der Waals surface area contributed by atoms with Crippen LogP contribution in [0.25, 0.3) is 0 Å². The Hall–Kier alpha value is -3.36. The molecule has 0 atom stereocenters. The Kier molecular flexibility index (Phi) is 9.94. The van der Waals surface area contributed by atoms with Gasteiger partial charge in [0.05, 0.1) is 5.56 Å². The molecule has 0 N–H and O–H groups in total. The first-order chi connectivity index (χ1) is 16.6. The van der Waals surface area contributed by atoms with Gasteiger partial charge in [0, 0.05) is 16.7 Å². The Morgan fingerprint density at radius 3 is 1.82 bits per heavy atom. The lowest BCUT2D eigenvalue weighted by Gasteiger charge is -2.02. The second-order valence-electron chi connectivity index (χ2n) is 8.61. The van der Waals surface area contributed by atoms with E-state index in [2.05, 4.69) is 42.7 Å². The van der Waals surface area contributed by atoms with Crippen molar-refractivity contribution >= 4 is 0 Å². The first-order valence-corrected chi connectivity index (χ1v) is 12.3. The van der Waals surface area contributed by atoms with Crippen LogP contribution >= 0.6 is 0 Å². The standard InChI is InChI=1S/C32H32F2/c1-3-5-6-7-8-10-25-11-13-26(14-12-25)17-20-30-22-19-28(24-32(30)34)16-15-27-18-21-29(9-4-2)31(33)23-27/h11-14,18-19,21-24H,3-10H2,1-2H3. The van der Waals surface area contributed by atoms with E-state index in [9.17, 15) is 8.78 Å². The first kappa shape index (κ1) is 25.3. The molecule has 0 heterocycles. The first-order valence-electron chi connectivity index (χ1n) is 12.3. The van der Waals surface area contributed by atoms with Crippen LogP contribution in [0, 0.1) is 35.3 Å². The van der Waals surface area contributed by atoms with Crippen molar-refractivity contribution < 1.29 is 8.78 Å². The van der Waals surface area contributed by atoms with Gasteiger partial charge in [0.2, 0.25) is 0 Å². The van der Waals surface area contributed by atoms with Gasteiger partial charge in [-0.1, -0.05) is 87.8 Å². The molecule has 174 valence electrons. The van der Waals surface area contributed by atoms with E-state index in [1.807, 2.05) is 19.1 Å². The Labute approximate surface area is 203 Å². The molecule has 0 aromatic heterocycles. The smallest absolute Gasteiger partial charge is 0.140 e. The summed E-state index contributed by atoms with van der Waals surface area (Å²) < 4.78 is 28.6. The van der Waals surface area contributed by atoms with Gasteiger partial charge in [-0.2, -0.15) is 0 Å². The lowest BCUT2D eigenvalue weighted by molar-refractivity contribution is 0.607. The molecule has 0 amide bonds. The van der Waals surface area contributed by atoms with Gasteiger partial charge in [-0.15, -0.1) is 0 Å². The molecule has 0 aliphatic rings. The molecule has 2 heteroatoms. The van der Waals surface area contributed by atoms with E-state index in [4.69, 9.17) is 0 Å². The van der Waals surface area contributed by atoms with Gasteiger partial charge < -0.3 is 0 Å². The van der Waals surface area contributed by atoms with Gasteiger partial charge in [0.1, 0.15) is 11.6 Å². The number of halogens is 2. The van der Waals surface area contributed by atoms with Gasteiger partial charge in [-0.3, -0.25) is 0 Å². The fraction of sp³-hybridized carbons (Fsp3) is 0.312. The molecule has 3 aromatic rings. The largest absolute Gasteiger partial charge is 0.207 e. The summed E-state index contributed by atoms with van der Waals surface area (Å²) in [5.74, 6) is 11.1. The number of aryl methyl sites for hydroxylation is 2. The highest BCUT2D eigenvalue weighted by Gasteiger charge is 2.03. The molecule has 0 unspecified atom stereocenters. The minimum Gasteiger partial charge on any atom is -0.207 e. The van der Waals surface area contributed by atoms with Crippen molar-refractivity contribution in [3.8, 4) is 23.7 Å². The maximum Gasteiger partial charge on any atom is 0.140 e. The summed E-state index contributed by atoms with van der Waals surface area (Å²) in [6.45, 7) is 4.24. The lowest BCUT2D eigenvalue weighted by atomic mass is 10.0. The summed E-state index contributed by atoms with van der Waals surface area (Å²) in [6.07, 6.45) is 9.05. The number of rotatable bonds is 8. The van der Waals surface area contributed by atoms with Crippen molar-refractivity contribution in [3.05, 3.63) is 106 Å². The third-order valence-corrected chi connectivity index (χ3v) is 5.76. The lowest BCUT2D eigenvalue weighted by Crippen LogP contribution is -1.90. The van der Waals surface area contributed by atoms with Crippen LogP contribution in [-0.4, -0.2) is 0 Å². The van der Waals surface area contributed by atoms with Crippen LogP contribution in [0.15, 0.2) is 60.7 Å². The Bertz CT molecular complexity index is 1200. The van der Waals surface area contributed by atoms with E-state index in [0.29, 0.717) is 28.7 Å². The topological polar surface area (TPSA) is 0 Å². The molecule has 0 radical (unpaired) electrons. The maximum atomic E-state index is 14.5. The zero-order valence-electron chi connectivity index (χ0n) is 20.2. The molecular weight excluding hydrogens is 422 g/mol. The average molecular weight is 455 g/mol. The summed E-state index contributed by atoms with van der Waals surface area (Å²) >= 11 is 0. The molecule has 0 saturated heterocycles. The van der Waals surface area contributed by atoms with Crippen LogP contribution < -0.4 is 0 Å². The Balaban J connectivity index is 1.61. The number of benzene rings is 3. The number of unbranched alkanes of at least 4 members (excludes halogenated alkanes) is 4. The minimum absolute atomic E-state index is 0.245. The van der Waals surface area contributed by atoms with E-state index in [1.54, 1.807) is 24.3 Å². The molecule has 34 heavy (non-hydrogen) atoms. The maximum absolute atomic E-state index is 14.5. The second kappa shape index (κ2) is 13.4. The SMILES string of the molecule is CCCCCCCc1ccc(C#Cc2ccc(C#Cc3ccc(CCC)c(F)c3)cc2F)cc1. The van der Waals surface area contributed by atoms with Crippen molar-refractivity contribution in [2.75, 3.05) is 0 Å². The third-order valence-electron chi connectivity index (χ3n) is 5.76. The number of hydrogen-bond donors (Lipinski definition) is 0. The fourth-order valence-electron chi connectivity index (χ4n) is 3.76. The van der Waals surface area contributed by atoms with Crippen molar-refractivity contribution in [2.45, 2.75) is 65.2 Å².